The van der Waals surface area contributed by atoms with Crippen molar-refractivity contribution >= 4 is 5.78 Å². The number of H-pyrrole nitrogens is 1. The molecule has 0 bridgehead atoms. The monoisotopic (exact) mass is 578 g/mol. The summed E-state index contributed by atoms with van der Waals surface area (Å²) >= 11 is 0. The third kappa shape index (κ3) is 7.06. The maximum atomic E-state index is 14.0. The van der Waals surface area contributed by atoms with Crippen molar-refractivity contribution in [3.63, 3.8) is 0 Å². The summed E-state index contributed by atoms with van der Waals surface area (Å²) in [5.41, 5.74) is 5.12. The molecule has 11 nitrogen and oxygen atoms in total. The van der Waals surface area contributed by atoms with Crippen LogP contribution in [0.4, 0.5) is 0 Å². The van der Waals surface area contributed by atoms with Crippen molar-refractivity contribution in [1.82, 2.24) is 40.1 Å². The van der Waals surface area contributed by atoms with Gasteiger partial charge in [-0.1, -0.05) is 61.9 Å². The molecule has 3 heterocycles. The number of benzene rings is 2. The van der Waals surface area contributed by atoms with Gasteiger partial charge in [0.05, 0.1) is 24.7 Å². The van der Waals surface area contributed by atoms with E-state index in [4.69, 9.17) is 9.72 Å². The minimum Gasteiger partial charge on any atom is -0.490 e. The van der Waals surface area contributed by atoms with Crippen LogP contribution in [0.2, 0.25) is 0 Å². The molecule has 220 valence electrons. The number of nitrogens with zero attached hydrogens (tertiary/aromatic N) is 7. The quantitative estimate of drug-likeness (QED) is 0.194. The van der Waals surface area contributed by atoms with Gasteiger partial charge in [-0.2, -0.15) is 5.21 Å². The molecule has 0 fully saturated rings. The number of Topliss-reactive ketones (excluding diaryl/α,β-unsaturated/α-hetero) is 1. The van der Waals surface area contributed by atoms with Crippen LogP contribution in [0.5, 0.6) is 5.75 Å². The summed E-state index contributed by atoms with van der Waals surface area (Å²) in [6, 6.07) is 16.0. The van der Waals surface area contributed by atoms with Crippen molar-refractivity contribution in [3.8, 4) is 34.2 Å². The molecule has 5 aromatic rings. The topological polar surface area (TPSA) is 141 Å². The number of hydrogen-bond acceptors (Lipinski definition) is 9. The number of carbonyl (C=O) groups excluding carboxylic acids is 1. The zero-order valence-electron chi connectivity index (χ0n) is 24.6. The van der Waals surface area contributed by atoms with E-state index in [1.165, 1.54) is 17.0 Å². The van der Waals surface area contributed by atoms with Gasteiger partial charge in [-0.05, 0) is 55.0 Å². The first kappa shape index (κ1) is 29.4. The first-order valence-corrected chi connectivity index (χ1v) is 14.4. The number of ketones is 1. The largest absolute Gasteiger partial charge is 0.490 e. The van der Waals surface area contributed by atoms with E-state index in [0.29, 0.717) is 55.3 Å². The van der Waals surface area contributed by atoms with E-state index in [-0.39, 0.29) is 17.3 Å². The Hall–Kier alpha value is -5.06. The molecule has 0 spiro atoms. The van der Waals surface area contributed by atoms with E-state index < -0.39 is 0 Å². The minimum atomic E-state index is -0.180. The number of carbonyl (C=O) groups is 1. The van der Waals surface area contributed by atoms with Crippen LogP contribution in [-0.4, -0.2) is 52.5 Å². The Balaban J connectivity index is 1.42. The highest BCUT2D eigenvalue weighted by Gasteiger charge is 2.18. The first-order chi connectivity index (χ1) is 20.9. The van der Waals surface area contributed by atoms with E-state index in [1.54, 1.807) is 13.8 Å². The molecule has 0 saturated heterocycles. The zero-order chi connectivity index (χ0) is 30.2. The van der Waals surface area contributed by atoms with Crippen LogP contribution in [0.1, 0.15) is 62.2 Å². The number of unbranched alkanes of at least 4 members (excludes halogenated alkanes) is 1. The smallest absolute Gasteiger partial charge is 0.264 e. The summed E-state index contributed by atoms with van der Waals surface area (Å²) in [6.07, 6.45) is 7.23. The van der Waals surface area contributed by atoms with E-state index >= 15 is 0 Å². The van der Waals surface area contributed by atoms with Crippen LogP contribution in [0.3, 0.4) is 0 Å². The Morgan fingerprint density at radius 1 is 1.00 bits per heavy atom. The Bertz CT molecular complexity index is 1730. The lowest BCUT2D eigenvalue weighted by Crippen LogP contribution is -2.29. The van der Waals surface area contributed by atoms with Gasteiger partial charge in [0.1, 0.15) is 11.6 Å². The van der Waals surface area contributed by atoms with E-state index in [9.17, 15) is 9.59 Å². The molecule has 0 saturated carbocycles. The predicted molar refractivity (Wildman–Crippen MR) is 162 cm³/mol. The van der Waals surface area contributed by atoms with Crippen molar-refractivity contribution in [3.05, 3.63) is 93.9 Å². The third-order valence-electron chi connectivity index (χ3n) is 7.11. The van der Waals surface area contributed by atoms with Crippen molar-refractivity contribution in [2.45, 2.75) is 59.3 Å². The van der Waals surface area contributed by atoms with Gasteiger partial charge in [-0.15, -0.1) is 10.2 Å². The van der Waals surface area contributed by atoms with Gasteiger partial charge in [0.2, 0.25) is 11.8 Å². The molecule has 5 rings (SSSR count). The summed E-state index contributed by atoms with van der Waals surface area (Å²) in [5, 5.41) is 14.5. The lowest BCUT2D eigenvalue weighted by molar-refractivity contribution is -0.117. The van der Waals surface area contributed by atoms with Gasteiger partial charge >= 0.3 is 0 Å². The number of aromatic nitrogens is 8. The van der Waals surface area contributed by atoms with Gasteiger partial charge in [-0.3, -0.25) is 4.79 Å². The van der Waals surface area contributed by atoms with Crippen LogP contribution in [0, 0.1) is 6.92 Å². The summed E-state index contributed by atoms with van der Waals surface area (Å²) < 4.78 is 7.11. The number of ether oxygens (including phenoxy) is 1. The Labute approximate surface area is 249 Å². The second-order valence-electron chi connectivity index (χ2n) is 10.4. The summed E-state index contributed by atoms with van der Waals surface area (Å²) in [4.78, 5) is 38.8. The van der Waals surface area contributed by atoms with Crippen molar-refractivity contribution in [1.29, 1.82) is 0 Å². The lowest BCUT2D eigenvalue weighted by Gasteiger charge is -2.15. The third-order valence-corrected chi connectivity index (χ3v) is 7.11. The van der Waals surface area contributed by atoms with Gasteiger partial charge in [0.25, 0.3) is 5.56 Å². The van der Waals surface area contributed by atoms with Gasteiger partial charge in [0, 0.05) is 24.0 Å². The summed E-state index contributed by atoms with van der Waals surface area (Å²) in [5.74, 6) is 1.90. The average molecular weight is 579 g/mol. The molecule has 0 aliphatic rings. The fourth-order valence-corrected chi connectivity index (χ4v) is 4.90. The van der Waals surface area contributed by atoms with E-state index in [2.05, 4.69) is 37.5 Å². The molecule has 0 unspecified atom stereocenters. The second kappa shape index (κ2) is 13.7. The Morgan fingerprint density at radius 2 is 1.74 bits per heavy atom. The second-order valence-corrected chi connectivity index (χ2v) is 10.4. The van der Waals surface area contributed by atoms with Crippen molar-refractivity contribution in [2.75, 3.05) is 6.61 Å². The Kier molecular flexibility index (Phi) is 9.40. The number of nitrogens with one attached hydrogen (secondary N) is 1. The molecule has 2 aromatic carbocycles. The van der Waals surface area contributed by atoms with E-state index in [1.807, 2.05) is 48.5 Å². The average Bonchev–Trinajstić information content (AvgIpc) is 3.56. The highest BCUT2D eigenvalue weighted by Crippen LogP contribution is 2.30. The SMILES string of the molecule is CCCCc1nc(C)n(-c2ncc(OCCCC(C)=O)cn2)c(=O)c1Cc1ccc(-c2ccccc2-c2nn[nH]n2)cc1. The van der Waals surface area contributed by atoms with E-state index in [0.717, 1.165) is 40.8 Å². The number of aromatic amines is 1. The van der Waals surface area contributed by atoms with Crippen LogP contribution in [-0.2, 0) is 17.6 Å². The standard InChI is InChI=1S/C32H34N8O3/c1-4-5-12-29-28(18-23-13-15-24(16-14-23)26-10-6-7-11-27(26)30-36-38-39-37-30)31(42)40(22(3)35-29)32-33-19-25(20-34-32)43-17-8-9-21(2)41/h6-7,10-11,13-16,19-20H,4-5,8-9,12,17-18H2,1-3H3,(H,36,37,38,39). The predicted octanol–water partition coefficient (Wildman–Crippen LogP) is 4.86. The fraction of sp³-hybridized carbons (Fsp3) is 0.312. The van der Waals surface area contributed by atoms with Gasteiger partial charge in [-0.25, -0.2) is 19.5 Å². The normalized spacial score (nSPS) is 11.0. The molecule has 43 heavy (non-hydrogen) atoms. The molecule has 0 atom stereocenters. The molecular weight excluding hydrogens is 544 g/mol. The summed E-state index contributed by atoms with van der Waals surface area (Å²) in [6.45, 7) is 5.87. The maximum Gasteiger partial charge on any atom is 0.264 e. The van der Waals surface area contributed by atoms with Crippen molar-refractivity contribution < 1.29 is 9.53 Å². The molecule has 0 aliphatic carbocycles. The molecule has 11 heteroatoms. The first-order valence-electron chi connectivity index (χ1n) is 14.4. The minimum absolute atomic E-state index is 0.123. The zero-order valence-corrected chi connectivity index (χ0v) is 24.6. The molecule has 0 amide bonds. The number of aryl methyl sites for hydroxylation is 2. The fourth-order valence-electron chi connectivity index (χ4n) is 4.90. The van der Waals surface area contributed by atoms with Crippen LogP contribution in [0.25, 0.3) is 28.5 Å². The van der Waals surface area contributed by atoms with Crippen LogP contribution >= 0.6 is 0 Å². The van der Waals surface area contributed by atoms with Gasteiger partial charge in [0.15, 0.2) is 5.75 Å². The number of rotatable bonds is 13. The molecule has 0 aliphatic heterocycles. The van der Waals surface area contributed by atoms with Crippen LogP contribution in [0.15, 0.2) is 65.7 Å². The van der Waals surface area contributed by atoms with Gasteiger partial charge < -0.3 is 9.53 Å². The highest BCUT2D eigenvalue weighted by molar-refractivity contribution is 5.80. The molecular formula is C32H34N8O3. The maximum absolute atomic E-state index is 14.0. The highest BCUT2D eigenvalue weighted by atomic mass is 16.5. The number of tetrazole rings is 1. The molecule has 0 radical (unpaired) electrons. The number of hydrogen-bond donors (Lipinski definition) is 1. The lowest BCUT2D eigenvalue weighted by atomic mass is 9.96. The van der Waals surface area contributed by atoms with Crippen LogP contribution < -0.4 is 10.3 Å². The molecule has 1 N–H and O–H groups in total. The summed E-state index contributed by atoms with van der Waals surface area (Å²) in [7, 11) is 0. The Morgan fingerprint density at radius 3 is 2.42 bits per heavy atom. The van der Waals surface area contributed by atoms with Crippen molar-refractivity contribution in [2.24, 2.45) is 0 Å². The molecule has 3 aromatic heterocycles.